The fourth-order valence-electron chi connectivity index (χ4n) is 1.94. The fourth-order valence-corrected chi connectivity index (χ4v) is 2.66. The van der Waals surface area contributed by atoms with Gasteiger partial charge in [-0.3, -0.25) is 4.79 Å². The second kappa shape index (κ2) is 6.63. The Bertz CT molecular complexity index is 682. The van der Waals surface area contributed by atoms with E-state index in [4.69, 9.17) is 16.3 Å². The minimum Gasteiger partial charge on any atom is -0.481 e. The molecule has 2 aromatic carbocycles. The van der Waals surface area contributed by atoms with Crippen molar-refractivity contribution in [1.29, 1.82) is 0 Å². The first-order valence-electron chi connectivity index (χ1n) is 6.61. The fraction of sp³-hybridized carbons (Fsp3) is 0.235. The third-order valence-electron chi connectivity index (χ3n) is 3.36. The molecule has 0 saturated carbocycles. The molecule has 0 amide bonds. The average molecular weight is 368 g/mol. The number of rotatable bonds is 4. The van der Waals surface area contributed by atoms with E-state index < -0.39 is 6.10 Å². The molecule has 2 aromatic rings. The summed E-state index contributed by atoms with van der Waals surface area (Å²) in [6, 6.07) is 11.0. The van der Waals surface area contributed by atoms with Gasteiger partial charge in [0.25, 0.3) is 0 Å². The Morgan fingerprint density at radius 3 is 2.48 bits per heavy atom. The molecule has 0 heterocycles. The summed E-state index contributed by atoms with van der Waals surface area (Å²) < 4.78 is 6.55. The molecule has 0 radical (unpaired) electrons. The number of hydrogen-bond donors (Lipinski definition) is 0. The third kappa shape index (κ3) is 3.86. The molecule has 2 rings (SSSR count). The van der Waals surface area contributed by atoms with Crippen LogP contribution >= 0.6 is 27.5 Å². The van der Waals surface area contributed by atoms with E-state index in [0.29, 0.717) is 16.3 Å². The molecule has 0 aliphatic carbocycles. The highest BCUT2D eigenvalue weighted by molar-refractivity contribution is 9.10. The number of benzene rings is 2. The largest absolute Gasteiger partial charge is 0.481 e. The summed E-state index contributed by atoms with van der Waals surface area (Å²) in [6.07, 6.45) is -0.592. The van der Waals surface area contributed by atoms with Crippen molar-refractivity contribution >= 4 is 33.3 Å². The van der Waals surface area contributed by atoms with Gasteiger partial charge in [0.1, 0.15) is 5.75 Å². The highest BCUT2D eigenvalue weighted by atomic mass is 79.9. The number of halogens is 2. The van der Waals surface area contributed by atoms with Crippen LogP contribution < -0.4 is 4.74 Å². The number of carbonyl (C=O) groups excluding carboxylic acids is 1. The molecule has 0 fully saturated rings. The quantitative estimate of drug-likeness (QED) is 0.679. The van der Waals surface area contributed by atoms with Crippen LogP contribution in [0.25, 0.3) is 0 Å². The topological polar surface area (TPSA) is 26.3 Å². The van der Waals surface area contributed by atoms with Gasteiger partial charge in [-0.1, -0.05) is 39.7 Å². The standard InChI is InChI=1S/C17H16BrClO2/c1-10-4-5-13(8-11(10)2)17(20)12(3)21-16-7-6-14(18)9-15(16)19/h4-9,12H,1-3H3/t12-/m0/s1. The van der Waals surface area contributed by atoms with Crippen LogP contribution in [-0.4, -0.2) is 11.9 Å². The van der Waals surface area contributed by atoms with Crippen molar-refractivity contribution in [1.82, 2.24) is 0 Å². The molecular formula is C17H16BrClO2. The Labute approximate surface area is 138 Å². The van der Waals surface area contributed by atoms with Gasteiger partial charge in [0, 0.05) is 10.0 Å². The van der Waals surface area contributed by atoms with Crippen LogP contribution in [0.1, 0.15) is 28.4 Å². The molecule has 0 aromatic heterocycles. The van der Waals surface area contributed by atoms with Gasteiger partial charge in [0.15, 0.2) is 6.10 Å². The van der Waals surface area contributed by atoms with Crippen molar-refractivity contribution in [2.45, 2.75) is 26.9 Å². The Balaban J connectivity index is 2.17. The van der Waals surface area contributed by atoms with Gasteiger partial charge < -0.3 is 4.74 Å². The number of Topliss-reactive ketones (excluding diaryl/α,β-unsaturated/α-hetero) is 1. The van der Waals surface area contributed by atoms with Gasteiger partial charge in [0.05, 0.1) is 5.02 Å². The maximum atomic E-state index is 12.4. The maximum absolute atomic E-state index is 12.4. The van der Waals surface area contributed by atoms with E-state index in [1.165, 1.54) is 0 Å². The summed E-state index contributed by atoms with van der Waals surface area (Å²) in [4.78, 5) is 12.4. The van der Waals surface area contributed by atoms with E-state index >= 15 is 0 Å². The molecule has 2 nitrogen and oxygen atoms in total. The van der Waals surface area contributed by atoms with Crippen molar-refractivity contribution < 1.29 is 9.53 Å². The molecule has 0 unspecified atom stereocenters. The highest BCUT2D eigenvalue weighted by Gasteiger charge is 2.18. The number of ketones is 1. The number of ether oxygens (including phenoxy) is 1. The van der Waals surface area contributed by atoms with E-state index in [1.807, 2.05) is 38.1 Å². The van der Waals surface area contributed by atoms with Crippen molar-refractivity contribution in [2.75, 3.05) is 0 Å². The molecule has 1 atom stereocenters. The van der Waals surface area contributed by atoms with E-state index in [9.17, 15) is 4.79 Å². The zero-order valence-corrected chi connectivity index (χ0v) is 14.5. The molecule has 0 N–H and O–H groups in total. The van der Waals surface area contributed by atoms with Gasteiger partial charge in [-0.15, -0.1) is 0 Å². The van der Waals surface area contributed by atoms with Crippen LogP contribution in [0, 0.1) is 13.8 Å². The Hall–Kier alpha value is -1.32. The lowest BCUT2D eigenvalue weighted by molar-refractivity contribution is 0.0818. The smallest absolute Gasteiger partial charge is 0.203 e. The van der Waals surface area contributed by atoms with Crippen LogP contribution in [0.3, 0.4) is 0 Å². The summed E-state index contributed by atoms with van der Waals surface area (Å²) in [5.41, 5.74) is 2.91. The predicted octanol–water partition coefficient (Wildman–Crippen LogP) is 5.37. The zero-order valence-electron chi connectivity index (χ0n) is 12.1. The lowest BCUT2D eigenvalue weighted by Crippen LogP contribution is -2.24. The van der Waals surface area contributed by atoms with Gasteiger partial charge in [0.2, 0.25) is 5.78 Å². The average Bonchev–Trinajstić information content (AvgIpc) is 2.44. The number of aryl methyl sites for hydroxylation is 2. The number of hydrogen-bond acceptors (Lipinski definition) is 2. The van der Waals surface area contributed by atoms with Crippen LogP contribution in [0.15, 0.2) is 40.9 Å². The molecule has 0 aliphatic rings. The molecular weight excluding hydrogens is 352 g/mol. The summed E-state index contributed by atoms with van der Waals surface area (Å²) in [5.74, 6) is 0.446. The van der Waals surface area contributed by atoms with Crippen molar-refractivity contribution in [3.05, 3.63) is 62.6 Å². The van der Waals surface area contributed by atoms with E-state index in [2.05, 4.69) is 15.9 Å². The van der Waals surface area contributed by atoms with Gasteiger partial charge in [-0.2, -0.15) is 0 Å². The first kappa shape index (κ1) is 16.1. The molecule has 4 heteroatoms. The van der Waals surface area contributed by atoms with Gasteiger partial charge >= 0.3 is 0 Å². The van der Waals surface area contributed by atoms with Gasteiger partial charge in [-0.25, -0.2) is 0 Å². The van der Waals surface area contributed by atoms with Crippen LogP contribution in [0.2, 0.25) is 5.02 Å². The number of carbonyl (C=O) groups is 1. The van der Waals surface area contributed by atoms with E-state index in [-0.39, 0.29) is 5.78 Å². The monoisotopic (exact) mass is 366 g/mol. The van der Waals surface area contributed by atoms with E-state index in [1.54, 1.807) is 19.1 Å². The van der Waals surface area contributed by atoms with Crippen molar-refractivity contribution in [3.8, 4) is 5.75 Å². The van der Waals surface area contributed by atoms with Crippen molar-refractivity contribution in [2.24, 2.45) is 0 Å². The lowest BCUT2D eigenvalue weighted by Gasteiger charge is -2.15. The summed E-state index contributed by atoms with van der Waals surface area (Å²) in [7, 11) is 0. The maximum Gasteiger partial charge on any atom is 0.203 e. The van der Waals surface area contributed by atoms with E-state index in [0.717, 1.165) is 15.6 Å². The van der Waals surface area contributed by atoms with Crippen LogP contribution in [-0.2, 0) is 0 Å². The molecule has 0 bridgehead atoms. The molecule has 110 valence electrons. The minimum atomic E-state index is -0.592. The zero-order chi connectivity index (χ0) is 15.6. The summed E-state index contributed by atoms with van der Waals surface area (Å²) in [5, 5.41) is 0.476. The molecule has 0 aliphatic heterocycles. The first-order valence-corrected chi connectivity index (χ1v) is 7.78. The summed E-state index contributed by atoms with van der Waals surface area (Å²) in [6.45, 7) is 5.74. The van der Waals surface area contributed by atoms with Crippen LogP contribution in [0.5, 0.6) is 5.75 Å². The predicted molar refractivity (Wildman–Crippen MR) is 89.5 cm³/mol. The third-order valence-corrected chi connectivity index (χ3v) is 4.15. The normalized spacial score (nSPS) is 12.0. The van der Waals surface area contributed by atoms with Gasteiger partial charge in [-0.05, 0) is 56.2 Å². The molecule has 0 spiro atoms. The highest BCUT2D eigenvalue weighted by Crippen LogP contribution is 2.29. The van der Waals surface area contributed by atoms with Crippen molar-refractivity contribution in [3.63, 3.8) is 0 Å². The minimum absolute atomic E-state index is 0.0583. The summed E-state index contributed by atoms with van der Waals surface area (Å²) >= 11 is 9.44. The molecule has 0 saturated heterocycles. The lowest BCUT2D eigenvalue weighted by atomic mass is 10.0. The first-order chi connectivity index (χ1) is 9.88. The Kier molecular flexibility index (Phi) is 5.07. The Morgan fingerprint density at radius 1 is 1.14 bits per heavy atom. The Morgan fingerprint density at radius 2 is 1.86 bits per heavy atom. The second-order valence-corrected chi connectivity index (χ2v) is 6.32. The SMILES string of the molecule is Cc1ccc(C(=O)[C@H](C)Oc2ccc(Br)cc2Cl)cc1C. The second-order valence-electron chi connectivity index (χ2n) is 5.00. The molecule has 21 heavy (non-hydrogen) atoms. The van der Waals surface area contributed by atoms with Crippen LogP contribution in [0.4, 0.5) is 0 Å².